The lowest BCUT2D eigenvalue weighted by Gasteiger charge is -2.19. The molecule has 1 unspecified atom stereocenters. The average Bonchev–Trinajstić information content (AvgIpc) is 2.86. The molecule has 0 aliphatic rings. The minimum absolute atomic E-state index is 0.158. The molecule has 108 valence electrons. The highest BCUT2D eigenvalue weighted by atomic mass is 16.5. The smallest absolute Gasteiger partial charge is 0.287 e. The van der Waals surface area contributed by atoms with Crippen molar-refractivity contribution in [3.05, 3.63) is 30.0 Å². The standard InChI is InChI=1S/C16H21NO3/c1-5-13(10(2)3)17-16(18)15-9-11-8-12(19-4)6-7-14(11)20-15/h6-10,13H,5H2,1-4H3,(H,17,18). The van der Waals surface area contributed by atoms with Gasteiger partial charge in [-0.25, -0.2) is 0 Å². The second kappa shape index (κ2) is 5.99. The summed E-state index contributed by atoms with van der Waals surface area (Å²) < 4.78 is 10.8. The molecule has 0 bridgehead atoms. The zero-order valence-corrected chi connectivity index (χ0v) is 12.4. The zero-order chi connectivity index (χ0) is 14.7. The van der Waals surface area contributed by atoms with Gasteiger partial charge in [0, 0.05) is 11.4 Å². The molecule has 0 radical (unpaired) electrons. The van der Waals surface area contributed by atoms with Crippen LogP contribution in [0.5, 0.6) is 5.75 Å². The first-order valence-electron chi connectivity index (χ1n) is 6.93. The number of amides is 1. The predicted molar refractivity (Wildman–Crippen MR) is 79.1 cm³/mol. The molecule has 0 fully saturated rings. The quantitative estimate of drug-likeness (QED) is 0.907. The van der Waals surface area contributed by atoms with Gasteiger partial charge < -0.3 is 14.5 Å². The molecule has 1 N–H and O–H groups in total. The second-order valence-corrected chi connectivity index (χ2v) is 5.25. The zero-order valence-electron chi connectivity index (χ0n) is 12.4. The number of hydrogen-bond acceptors (Lipinski definition) is 3. The maximum Gasteiger partial charge on any atom is 0.287 e. The fourth-order valence-corrected chi connectivity index (χ4v) is 2.24. The Morgan fingerprint density at radius 2 is 2.10 bits per heavy atom. The highest BCUT2D eigenvalue weighted by Crippen LogP contribution is 2.24. The molecule has 0 aliphatic heterocycles. The van der Waals surface area contributed by atoms with Crippen molar-refractivity contribution in [2.24, 2.45) is 5.92 Å². The molecule has 1 aromatic carbocycles. The summed E-state index contributed by atoms with van der Waals surface area (Å²) in [5, 5.41) is 3.88. The first kappa shape index (κ1) is 14.4. The van der Waals surface area contributed by atoms with Crippen LogP contribution in [-0.2, 0) is 0 Å². The number of hydrogen-bond donors (Lipinski definition) is 1. The molecular formula is C16H21NO3. The Labute approximate surface area is 119 Å². The van der Waals surface area contributed by atoms with E-state index in [1.54, 1.807) is 13.2 Å². The van der Waals surface area contributed by atoms with Crippen molar-refractivity contribution in [2.45, 2.75) is 33.2 Å². The van der Waals surface area contributed by atoms with Gasteiger partial charge in [0.25, 0.3) is 5.91 Å². The van der Waals surface area contributed by atoms with Crippen LogP contribution in [0.2, 0.25) is 0 Å². The molecule has 1 aromatic heterocycles. The number of benzene rings is 1. The number of furan rings is 1. The highest BCUT2D eigenvalue weighted by Gasteiger charge is 2.18. The van der Waals surface area contributed by atoms with Crippen molar-refractivity contribution < 1.29 is 13.9 Å². The molecule has 4 nitrogen and oxygen atoms in total. The molecule has 0 aliphatic carbocycles. The molecule has 1 atom stereocenters. The monoisotopic (exact) mass is 275 g/mol. The highest BCUT2D eigenvalue weighted by molar-refractivity contribution is 5.96. The van der Waals surface area contributed by atoms with E-state index >= 15 is 0 Å². The van der Waals surface area contributed by atoms with Crippen LogP contribution < -0.4 is 10.1 Å². The lowest BCUT2D eigenvalue weighted by Crippen LogP contribution is -2.37. The summed E-state index contributed by atoms with van der Waals surface area (Å²) in [4.78, 5) is 12.2. The van der Waals surface area contributed by atoms with Crippen molar-refractivity contribution in [3.8, 4) is 5.75 Å². The van der Waals surface area contributed by atoms with Crippen molar-refractivity contribution in [2.75, 3.05) is 7.11 Å². The Balaban J connectivity index is 2.22. The Bertz CT molecular complexity index is 601. The first-order valence-corrected chi connectivity index (χ1v) is 6.93. The van der Waals surface area contributed by atoms with E-state index in [1.807, 2.05) is 18.2 Å². The Morgan fingerprint density at radius 1 is 1.35 bits per heavy atom. The van der Waals surface area contributed by atoms with Gasteiger partial charge in [-0.05, 0) is 36.6 Å². The van der Waals surface area contributed by atoms with E-state index in [0.29, 0.717) is 17.3 Å². The van der Waals surface area contributed by atoms with E-state index < -0.39 is 0 Å². The SMILES string of the molecule is CCC(NC(=O)c1cc2cc(OC)ccc2o1)C(C)C. The number of carbonyl (C=O) groups excluding carboxylic acids is 1. The fourth-order valence-electron chi connectivity index (χ4n) is 2.24. The van der Waals surface area contributed by atoms with Crippen LogP contribution in [0, 0.1) is 5.92 Å². The summed E-state index contributed by atoms with van der Waals surface area (Å²) >= 11 is 0. The van der Waals surface area contributed by atoms with Gasteiger partial charge >= 0.3 is 0 Å². The molecule has 2 rings (SSSR count). The lowest BCUT2D eigenvalue weighted by atomic mass is 10.0. The molecule has 0 spiro atoms. The average molecular weight is 275 g/mol. The molecule has 4 heteroatoms. The fraction of sp³-hybridized carbons (Fsp3) is 0.438. The van der Waals surface area contributed by atoms with E-state index in [4.69, 9.17) is 9.15 Å². The third kappa shape index (κ3) is 2.95. The van der Waals surface area contributed by atoms with Gasteiger partial charge in [0.2, 0.25) is 0 Å². The van der Waals surface area contributed by atoms with Gasteiger partial charge in [-0.15, -0.1) is 0 Å². The molecule has 0 saturated carbocycles. The third-order valence-electron chi connectivity index (χ3n) is 3.51. The van der Waals surface area contributed by atoms with Gasteiger partial charge in [-0.2, -0.15) is 0 Å². The van der Waals surface area contributed by atoms with Gasteiger partial charge in [0.1, 0.15) is 11.3 Å². The summed E-state index contributed by atoms with van der Waals surface area (Å²) in [6.07, 6.45) is 0.900. The molecule has 1 heterocycles. The van der Waals surface area contributed by atoms with Crippen LogP contribution in [-0.4, -0.2) is 19.1 Å². The van der Waals surface area contributed by atoms with Gasteiger partial charge in [-0.3, -0.25) is 4.79 Å². The number of nitrogens with one attached hydrogen (secondary N) is 1. The number of carbonyl (C=O) groups is 1. The molecule has 2 aromatic rings. The van der Waals surface area contributed by atoms with Crippen LogP contribution in [0.15, 0.2) is 28.7 Å². The summed E-state index contributed by atoms with van der Waals surface area (Å²) in [5.41, 5.74) is 0.688. The maximum atomic E-state index is 12.2. The summed E-state index contributed by atoms with van der Waals surface area (Å²) in [6.45, 7) is 6.25. The van der Waals surface area contributed by atoms with Crippen LogP contribution in [0.25, 0.3) is 11.0 Å². The van der Waals surface area contributed by atoms with Crippen molar-refractivity contribution in [1.29, 1.82) is 0 Å². The Morgan fingerprint density at radius 3 is 2.70 bits per heavy atom. The van der Waals surface area contributed by atoms with E-state index in [9.17, 15) is 4.79 Å². The second-order valence-electron chi connectivity index (χ2n) is 5.25. The van der Waals surface area contributed by atoms with Gasteiger partial charge in [0.05, 0.1) is 7.11 Å². The molecule has 1 amide bonds. The number of rotatable bonds is 5. The van der Waals surface area contributed by atoms with E-state index in [0.717, 1.165) is 17.6 Å². The normalized spacial score (nSPS) is 12.7. The maximum absolute atomic E-state index is 12.2. The summed E-state index contributed by atoms with van der Waals surface area (Å²) in [7, 11) is 1.61. The molecular weight excluding hydrogens is 254 g/mol. The topological polar surface area (TPSA) is 51.5 Å². The van der Waals surface area contributed by atoms with Crippen LogP contribution in [0.4, 0.5) is 0 Å². The minimum Gasteiger partial charge on any atom is -0.497 e. The van der Waals surface area contributed by atoms with Crippen molar-refractivity contribution in [1.82, 2.24) is 5.32 Å². The summed E-state index contributed by atoms with van der Waals surface area (Å²) in [5.74, 6) is 1.32. The van der Waals surface area contributed by atoms with E-state index in [1.165, 1.54) is 0 Å². The number of ether oxygens (including phenoxy) is 1. The van der Waals surface area contributed by atoms with E-state index in [2.05, 4.69) is 26.1 Å². The Kier molecular flexibility index (Phi) is 4.32. The van der Waals surface area contributed by atoms with Gasteiger partial charge in [0.15, 0.2) is 5.76 Å². The van der Waals surface area contributed by atoms with Crippen LogP contribution >= 0.6 is 0 Å². The number of fused-ring (bicyclic) bond motifs is 1. The Hall–Kier alpha value is -1.97. The van der Waals surface area contributed by atoms with Gasteiger partial charge in [-0.1, -0.05) is 20.8 Å². The van der Waals surface area contributed by atoms with E-state index in [-0.39, 0.29) is 11.9 Å². The largest absolute Gasteiger partial charge is 0.497 e. The molecule has 20 heavy (non-hydrogen) atoms. The predicted octanol–water partition coefficient (Wildman–Crippen LogP) is 3.61. The van der Waals surface area contributed by atoms with Crippen molar-refractivity contribution >= 4 is 16.9 Å². The number of methoxy groups -OCH3 is 1. The summed E-state index contributed by atoms with van der Waals surface area (Å²) in [6, 6.07) is 7.39. The first-order chi connectivity index (χ1) is 9.55. The third-order valence-corrected chi connectivity index (χ3v) is 3.51. The van der Waals surface area contributed by atoms with Crippen LogP contribution in [0.1, 0.15) is 37.7 Å². The van der Waals surface area contributed by atoms with Crippen LogP contribution in [0.3, 0.4) is 0 Å². The van der Waals surface area contributed by atoms with Crippen molar-refractivity contribution in [3.63, 3.8) is 0 Å². The molecule has 0 saturated heterocycles. The minimum atomic E-state index is -0.166. The lowest BCUT2D eigenvalue weighted by molar-refractivity contribution is 0.0898.